The van der Waals surface area contributed by atoms with Gasteiger partial charge in [-0.05, 0) is 34.1 Å². The number of hydrogen-bond acceptors (Lipinski definition) is 3. The van der Waals surface area contributed by atoms with E-state index in [-0.39, 0.29) is 5.91 Å². The Balaban J connectivity index is 4.58. The molecule has 0 aromatic heterocycles. The van der Waals surface area contributed by atoms with E-state index in [9.17, 15) is 9.59 Å². The molecule has 0 aromatic rings. The van der Waals surface area contributed by atoms with Gasteiger partial charge in [0.2, 0.25) is 5.91 Å². The van der Waals surface area contributed by atoms with Crippen LogP contribution in [0.1, 0.15) is 34.1 Å². The molecular weight excluding hydrogens is 244 g/mol. The summed E-state index contributed by atoms with van der Waals surface area (Å²) in [5, 5.41) is 5.18. The maximum absolute atomic E-state index is 11.9. The molecule has 108 valence electrons. The number of amides is 2. The number of ether oxygens (including phenoxy) is 1. The van der Waals surface area contributed by atoms with Crippen LogP contribution in [-0.2, 0) is 9.53 Å². The van der Waals surface area contributed by atoms with Crippen molar-refractivity contribution in [2.75, 3.05) is 6.54 Å². The van der Waals surface area contributed by atoms with Crippen molar-refractivity contribution in [2.45, 2.75) is 45.8 Å². The molecule has 0 aromatic carbocycles. The fourth-order valence-corrected chi connectivity index (χ4v) is 1.30. The first-order valence-corrected chi connectivity index (χ1v) is 6.18. The topological polar surface area (TPSA) is 67.4 Å². The van der Waals surface area contributed by atoms with E-state index in [1.54, 1.807) is 33.8 Å². The third-order valence-corrected chi connectivity index (χ3v) is 1.98. The van der Waals surface area contributed by atoms with Gasteiger partial charge in [0.25, 0.3) is 0 Å². The molecule has 0 fully saturated rings. The molecule has 0 aliphatic carbocycles. The zero-order valence-corrected chi connectivity index (χ0v) is 12.2. The lowest BCUT2D eigenvalue weighted by atomic mass is 10.1. The van der Waals surface area contributed by atoms with Gasteiger partial charge in [0.05, 0.1) is 0 Å². The summed E-state index contributed by atoms with van der Waals surface area (Å²) >= 11 is 0. The van der Waals surface area contributed by atoms with Gasteiger partial charge < -0.3 is 15.4 Å². The van der Waals surface area contributed by atoms with Crippen LogP contribution in [0.5, 0.6) is 0 Å². The second-order valence-electron chi connectivity index (χ2n) is 5.39. The second-order valence-corrected chi connectivity index (χ2v) is 5.39. The molecule has 0 saturated heterocycles. The van der Waals surface area contributed by atoms with Crippen LogP contribution in [0.2, 0.25) is 0 Å². The fourth-order valence-electron chi connectivity index (χ4n) is 1.30. The zero-order chi connectivity index (χ0) is 15.1. The van der Waals surface area contributed by atoms with Crippen molar-refractivity contribution in [3.8, 4) is 0 Å². The molecule has 0 rings (SSSR count). The largest absolute Gasteiger partial charge is 0.444 e. The molecule has 1 atom stereocenters. The number of carbonyl (C=O) groups is 2. The maximum atomic E-state index is 11.9. The van der Waals surface area contributed by atoms with Gasteiger partial charge in [0.1, 0.15) is 11.6 Å². The monoisotopic (exact) mass is 268 g/mol. The van der Waals surface area contributed by atoms with Crippen molar-refractivity contribution < 1.29 is 14.3 Å². The number of carbonyl (C=O) groups excluding carboxylic acids is 2. The van der Waals surface area contributed by atoms with E-state index >= 15 is 0 Å². The van der Waals surface area contributed by atoms with Crippen LogP contribution >= 0.6 is 0 Å². The molecule has 0 spiro atoms. The van der Waals surface area contributed by atoms with Crippen molar-refractivity contribution >= 4 is 12.0 Å². The average Bonchev–Trinajstić information content (AvgIpc) is 2.21. The third-order valence-electron chi connectivity index (χ3n) is 1.98. The average molecular weight is 268 g/mol. The lowest BCUT2D eigenvalue weighted by Gasteiger charge is -2.23. The van der Waals surface area contributed by atoms with E-state index in [0.29, 0.717) is 13.0 Å². The normalized spacial score (nSPS) is 12.2. The van der Waals surface area contributed by atoms with Gasteiger partial charge in [0.15, 0.2) is 0 Å². The first kappa shape index (κ1) is 17.2. The van der Waals surface area contributed by atoms with Crippen LogP contribution in [0.3, 0.4) is 0 Å². The van der Waals surface area contributed by atoms with Gasteiger partial charge in [-0.2, -0.15) is 0 Å². The lowest BCUT2D eigenvalue weighted by Crippen LogP contribution is -2.48. The predicted octanol–water partition coefficient (Wildman–Crippen LogP) is 2.15. The minimum Gasteiger partial charge on any atom is -0.444 e. The quantitative estimate of drug-likeness (QED) is 0.725. The Morgan fingerprint density at radius 3 is 2.37 bits per heavy atom. The number of alkyl carbamates (subject to hydrolysis) is 1. The summed E-state index contributed by atoms with van der Waals surface area (Å²) in [5.41, 5.74) is 0.199. The molecule has 2 N–H and O–H groups in total. The van der Waals surface area contributed by atoms with E-state index < -0.39 is 17.7 Å². The van der Waals surface area contributed by atoms with Gasteiger partial charge in [-0.25, -0.2) is 4.79 Å². The molecule has 0 saturated carbocycles. The van der Waals surface area contributed by atoms with Crippen molar-refractivity contribution in [3.05, 3.63) is 24.8 Å². The molecule has 0 aliphatic heterocycles. The summed E-state index contributed by atoms with van der Waals surface area (Å²) in [6.07, 6.45) is 1.32. The Morgan fingerprint density at radius 2 is 1.95 bits per heavy atom. The van der Waals surface area contributed by atoms with E-state index in [2.05, 4.69) is 23.8 Å². The van der Waals surface area contributed by atoms with Gasteiger partial charge in [-0.15, -0.1) is 13.2 Å². The summed E-state index contributed by atoms with van der Waals surface area (Å²) in [6.45, 7) is 14.7. The molecule has 0 radical (unpaired) electrons. The standard InChI is InChI=1S/C14H24N2O3/c1-7-8-15-12(17)11(9-10(2)3)16-13(18)19-14(4,5)6/h7,11H,1-2,8-9H2,3-6H3,(H,15,17)(H,16,18). The summed E-state index contributed by atoms with van der Waals surface area (Å²) in [6, 6.07) is -0.688. The van der Waals surface area contributed by atoms with Crippen molar-refractivity contribution in [2.24, 2.45) is 0 Å². The summed E-state index contributed by atoms with van der Waals surface area (Å²) in [4.78, 5) is 23.5. The Kier molecular flexibility index (Phi) is 6.90. The van der Waals surface area contributed by atoms with Crippen molar-refractivity contribution in [1.29, 1.82) is 0 Å². The molecular formula is C14H24N2O3. The van der Waals surface area contributed by atoms with Gasteiger partial charge in [-0.1, -0.05) is 11.6 Å². The second kappa shape index (κ2) is 7.61. The smallest absolute Gasteiger partial charge is 0.408 e. The van der Waals surface area contributed by atoms with Gasteiger partial charge in [-0.3, -0.25) is 4.79 Å². The Morgan fingerprint density at radius 1 is 1.37 bits per heavy atom. The number of hydrogen-bond donors (Lipinski definition) is 2. The molecule has 0 aliphatic rings. The van der Waals surface area contributed by atoms with E-state index in [1.807, 2.05) is 0 Å². The van der Waals surface area contributed by atoms with Crippen LogP contribution in [0, 0.1) is 0 Å². The highest BCUT2D eigenvalue weighted by Gasteiger charge is 2.23. The van der Waals surface area contributed by atoms with Crippen LogP contribution < -0.4 is 10.6 Å². The van der Waals surface area contributed by atoms with Crippen molar-refractivity contribution in [1.82, 2.24) is 10.6 Å². The highest BCUT2D eigenvalue weighted by Crippen LogP contribution is 2.08. The molecule has 0 bridgehead atoms. The SMILES string of the molecule is C=CCNC(=O)C(CC(=C)C)NC(=O)OC(C)(C)C. The van der Waals surface area contributed by atoms with Crippen LogP contribution in [0.15, 0.2) is 24.8 Å². The first-order chi connectivity index (χ1) is 8.65. The van der Waals surface area contributed by atoms with Crippen LogP contribution in [0.4, 0.5) is 4.79 Å². The maximum Gasteiger partial charge on any atom is 0.408 e. The lowest BCUT2D eigenvalue weighted by molar-refractivity contribution is -0.122. The minimum absolute atomic E-state index is 0.284. The molecule has 1 unspecified atom stereocenters. The van der Waals surface area contributed by atoms with Crippen molar-refractivity contribution in [3.63, 3.8) is 0 Å². The van der Waals surface area contributed by atoms with E-state index in [1.165, 1.54) is 0 Å². The molecule has 5 nitrogen and oxygen atoms in total. The molecule has 0 heterocycles. The zero-order valence-electron chi connectivity index (χ0n) is 12.2. The van der Waals surface area contributed by atoms with Gasteiger partial charge in [0, 0.05) is 6.54 Å². The third kappa shape index (κ3) is 8.88. The highest BCUT2D eigenvalue weighted by molar-refractivity contribution is 5.86. The minimum atomic E-state index is -0.688. The fraction of sp³-hybridized carbons (Fsp3) is 0.571. The summed E-state index contributed by atoms with van der Waals surface area (Å²) < 4.78 is 5.12. The summed E-state index contributed by atoms with van der Waals surface area (Å²) in [7, 11) is 0. The van der Waals surface area contributed by atoms with Crippen LogP contribution in [0.25, 0.3) is 0 Å². The first-order valence-electron chi connectivity index (χ1n) is 6.18. The number of rotatable bonds is 6. The Hall–Kier alpha value is -1.78. The predicted molar refractivity (Wildman–Crippen MR) is 75.8 cm³/mol. The van der Waals surface area contributed by atoms with Gasteiger partial charge >= 0.3 is 6.09 Å². The van der Waals surface area contributed by atoms with E-state index in [0.717, 1.165) is 5.57 Å². The molecule has 2 amide bonds. The van der Waals surface area contributed by atoms with E-state index in [4.69, 9.17) is 4.74 Å². The number of nitrogens with one attached hydrogen (secondary N) is 2. The summed E-state index contributed by atoms with van der Waals surface area (Å²) in [5.74, 6) is -0.284. The Labute approximate surface area is 115 Å². The van der Waals surface area contributed by atoms with Crippen LogP contribution in [-0.4, -0.2) is 30.2 Å². The molecule has 19 heavy (non-hydrogen) atoms. The Bertz CT molecular complexity index is 356. The highest BCUT2D eigenvalue weighted by atomic mass is 16.6. The molecule has 5 heteroatoms.